The number of likely N-dealkylation sites (N-methyl/N-ethyl adjacent to an activating group) is 1. The van der Waals surface area contributed by atoms with E-state index < -0.39 is 5.82 Å². The highest BCUT2D eigenvalue weighted by molar-refractivity contribution is 6.04. The summed E-state index contributed by atoms with van der Waals surface area (Å²) in [6.07, 6.45) is 1.64. The molecule has 0 aliphatic carbocycles. The number of aryl methyl sites for hydroxylation is 1. The minimum Gasteiger partial charge on any atom is -0.507 e. The summed E-state index contributed by atoms with van der Waals surface area (Å²) in [7, 11) is 0. The largest absolute Gasteiger partial charge is 0.507 e. The molecule has 0 radical (unpaired) electrons. The first-order valence-electron chi connectivity index (χ1n) is 8.14. The van der Waals surface area contributed by atoms with E-state index in [4.69, 9.17) is 0 Å². The molecule has 2 aromatic carbocycles. The maximum atomic E-state index is 14.5. The van der Waals surface area contributed by atoms with Crippen LogP contribution in [0.15, 0.2) is 24.3 Å². The van der Waals surface area contributed by atoms with Crippen LogP contribution in [-0.4, -0.2) is 22.7 Å². The first-order chi connectivity index (χ1) is 11.5. The van der Waals surface area contributed by atoms with E-state index in [1.807, 2.05) is 13.8 Å². The van der Waals surface area contributed by atoms with E-state index >= 15 is 0 Å². The van der Waals surface area contributed by atoms with E-state index in [2.05, 4.69) is 0 Å². The maximum absolute atomic E-state index is 14.5. The Labute approximate surface area is 140 Å². The number of fused-ring (bicyclic) bond motifs is 1. The van der Waals surface area contributed by atoms with Crippen LogP contribution in [0.4, 0.5) is 10.1 Å². The third kappa shape index (κ3) is 2.50. The third-order valence-electron chi connectivity index (χ3n) is 4.42. The number of carbonyl (C=O) groups is 1. The van der Waals surface area contributed by atoms with Gasteiger partial charge in [-0.1, -0.05) is 13.3 Å². The Morgan fingerprint density at radius 2 is 1.79 bits per heavy atom. The Morgan fingerprint density at radius 3 is 2.38 bits per heavy atom. The second kappa shape index (κ2) is 6.15. The fourth-order valence-corrected chi connectivity index (χ4v) is 3.40. The molecule has 2 N–H and O–H groups in total. The van der Waals surface area contributed by atoms with Crippen LogP contribution >= 0.6 is 0 Å². The van der Waals surface area contributed by atoms with Crippen molar-refractivity contribution in [1.29, 1.82) is 0 Å². The molecule has 1 aliphatic rings. The Hall–Kier alpha value is -2.56. The molecule has 0 unspecified atom stereocenters. The fraction of sp³-hybridized carbons (Fsp3) is 0.316. The van der Waals surface area contributed by atoms with Gasteiger partial charge in [-0.05, 0) is 48.7 Å². The molecule has 0 fully saturated rings. The zero-order valence-corrected chi connectivity index (χ0v) is 13.8. The van der Waals surface area contributed by atoms with Crippen LogP contribution in [0.1, 0.15) is 31.4 Å². The van der Waals surface area contributed by atoms with Gasteiger partial charge in [-0.2, -0.15) is 0 Å². The molecule has 0 saturated carbocycles. The van der Waals surface area contributed by atoms with Crippen molar-refractivity contribution in [2.45, 2.75) is 33.1 Å². The topological polar surface area (TPSA) is 60.8 Å². The first kappa shape index (κ1) is 16.3. The van der Waals surface area contributed by atoms with Crippen molar-refractivity contribution in [1.82, 2.24) is 0 Å². The monoisotopic (exact) mass is 329 g/mol. The minimum absolute atomic E-state index is 0.0509. The number of amides is 1. The zero-order valence-electron chi connectivity index (χ0n) is 13.8. The maximum Gasteiger partial charge on any atom is 0.231 e. The van der Waals surface area contributed by atoms with Crippen LogP contribution in [0.5, 0.6) is 11.5 Å². The van der Waals surface area contributed by atoms with Crippen molar-refractivity contribution >= 4 is 11.6 Å². The fourth-order valence-electron chi connectivity index (χ4n) is 3.40. The summed E-state index contributed by atoms with van der Waals surface area (Å²) in [6, 6.07) is 5.94. The predicted octanol–water partition coefficient (Wildman–Crippen LogP) is 3.77. The molecule has 3 rings (SSSR count). The summed E-state index contributed by atoms with van der Waals surface area (Å²) in [5, 5.41) is 20.7. The van der Waals surface area contributed by atoms with Crippen molar-refractivity contribution in [3.05, 3.63) is 41.2 Å². The zero-order chi connectivity index (χ0) is 17.4. The average molecular weight is 329 g/mol. The molecule has 0 aromatic heterocycles. The smallest absolute Gasteiger partial charge is 0.231 e. The summed E-state index contributed by atoms with van der Waals surface area (Å²) in [5.74, 6) is -1.02. The van der Waals surface area contributed by atoms with Gasteiger partial charge in [0.15, 0.2) is 0 Å². The third-order valence-corrected chi connectivity index (χ3v) is 4.42. The number of hydrogen-bond acceptors (Lipinski definition) is 3. The lowest BCUT2D eigenvalue weighted by atomic mass is 9.94. The molecule has 0 saturated heterocycles. The van der Waals surface area contributed by atoms with E-state index in [0.717, 1.165) is 12.0 Å². The molecule has 1 amide bonds. The number of aromatic hydroxyl groups is 2. The van der Waals surface area contributed by atoms with Gasteiger partial charge in [0.05, 0.1) is 12.0 Å². The van der Waals surface area contributed by atoms with Gasteiger partial charge < -0.3 is 15.1 Å². The normalized spacial score (nSPS) is 13.5. The lowest BCUT2D eigenvalue weighted by molar-refractivity contribution is -0.117. The van der Waals surface area contributed by atoms with Gasteiger partial charge in [0.1, 0.15) is 17.3 Å². The summed E-state index contributed by atoms with van der Waals surface area (Å²) >= 11 is 0. The van der Waals surface area contributed by atoms with Crippen LogP contribution in [0.3, 0.4) is 0 Å². The quantitative estimate of drug-likeness (QED) is 0.898. The van der Waals surface area contributed by atoms with Crippen LogP contribution in [0.25, 0.3) is 11.1 Å². The molecule has 4 nitrogen and oxygen atoms in total. The van der Waals surface area contributed by atoms with Crippen molar-refractivity contribution in [2.75, 3.05) is 11.4 Å². The average Bonchev–Trinajstić information content (AvgIpc) is 2.84. The standard InChI is InChI=1S/C19H20FNO3/c1-3-5-11-8-15(22)19(16(23)9-11)18-12-10-17(24)21(4-2)14(12)7-6-13(18)20/h6-9,22-23H,3-5,10H2,1-2H3. The number of carbonyl (C=O) groups excluding carboxylic acids is 1. The Morgan fingerprint density at radius 1 is 1.12 bits per heavy atom. The SMILES string of the molecule is CCCc1cc(O)c(-c2c(F)ccc3c2CC(=O)N3CC)c(O)c1. The van der Waals surface area contributed by atoms with Crippen LogP contribution in [0, 0.1) is 5.82 Å². The number of benzene rings is 2. The van der Waals surface area contributed by atoms with Gasteiger partial charge >= 0.3 is 0 Å². The van der Waals surface area contributed by atoms with Gasteiger partial charge in [0.25, 0.3) is 0 Å². The van der Waals surface area contributed by atoms with E-state index in [9.17, 15) is 19.4 Å². The van der Waals surface area contributed by atoms with Gasteiger partial charge in [0, 0.05) is 17.8 Å². The first-order valence-corrected chi connectivity index (χ1v) is 8.14. The lowest BCUT2D eigenvalue weighted by Crippen LogP contribution is -2.25. The van der Waals surface area contributed by atoms with Crippen molar-refractivity contribution in [3.8, 4) is 22.6 Å². The Kier molecular flexibility index (Phi) is 4.18. The van der Waals surface area contributed by atoms with Gasteiger partial charge in [-0.25, -0.2) is 4.39 Å². The molecule has 2 aromatic rings. The van der Waals surface area contributed by atoms with Crippen LogP contribution < -0.4 is 4.90 Å². The lowest BCUT2D eigenvalue weighted by Gasteiger charge is -2.17. The number of phenolic OH excluding ortho intramolecular Hbond substituents is 2. The number of rotatable bonds is 4. The van der Waals surface area contributed by atoms with Crippen molar-refractivity contribution < 1.29 is 19.4 Å². The highest BCUT2D eigenvalue weighted by Gasteiger charge is 2.31. The predicted molar refractivity (Wildman–Crippen MR) is 90.9 cm³/mol. The van der Waals surface area contributed by atoms with Crippen molar-refractivity contribution in [3.63, 3.8) is 0 Å². The molecule has 0 atom stereocenters. The summed E-state index contributed by atoms with van der Waals surface area (Å²) in [5.41, 5.74) is 2.09. The molecule has 126 valence electrons. The summed E-state index contributed by atoms with van der Waals surface area (Å²) in [4.78, 5) is 13.7. The van der Waals surface area contributed by atoms with E-state index in [1.54, 1.807) is 23.1 Å². The highest BCUT2D eigenvalue weighted by Crippen LogP contribution is 2.45. The van der Waals surface area contributed by atoms with Gasteiger partial charge in [-0.15, -0.1) is 0 Å². The Balaban J connectivity index is 2.22. The number of halogens is 1. The second-order valence-corrected chi connectivity index (χ2v) is 5.99. The van der Waals surface area contributed by atoms with E-state index in [1.165, 1.54) is 6.07 Å². The molecule has 1 aliphatic heterocycles. The number of nitrogens with zero attached hydrogens (tertiary/aromatic N) is 1. The summed E-state index contributed by atoms with van der Waals surface area (Å²) < 4.78 is 14.5. The summed E-state index contributed by atoms with van der Waals surface area (Å²) in [6.45, 7) is 4.34. The van der Waals surface area contributed by atoms with Crippen LogP contribution in [-0.2, 0) is 17.6 Å². The van der Waals surface area contributed by atoms with Gasteiger partial charge in [-0.3, -0.25) is 4.79 Å². The highest BCUT2D eigenvalue weighted by atomic mass is 19.1. The molecular formula is C19H20FNO3. The molecule has 1 heterocycles. The van der Waals surface area contributed by atoms with E-state index in [-0.39, 0.29) is 35.0 Å². The number of hydrogen-bond donors (Lipinski definition) is 2. The molecule has 0 bridgehead atoms. The molecule has 5 heteroatoms. The van der Waals surface area contributed by atoms with Gasteiger partial charge in [0.2, 0.25) is 5.91 Å². The molecule has 0 spiro atoms. The number of phenols is 2. The van der Waals surface area contributed by atoms with Crippen molar-refractivity contribution in [2.24, 2.45) is 0 Å². The van der Waals surface area contributed by atoms with E-state index in [0.29, 0.717) is 24.2 Å². The molecular weight excluding hydrogens is 309 g/mol. The number of anilines is 1. The molecule has 24 heavy (non-hydrogen) atoms. The Bertz CT molecular complexity index is 793. The van der Waals surface area contributed by atoms with Crippen LogP contribution in [0.2, 0.25) is 0 Å². The second-order valence-electron chi connectivity index (χ2n) is 5.99. The minimum atomic E-state index is -0.562.